The Balaban J connectivity index is 1.59. The number of halogens is 1. The van der Waals surface area contributed by atoms with Crippen LogP contribution in [0.5, 0.6) is 5.75 Å². The van der Waals surface area contributed by atoms with Gasteiger partial charge in [0.2, 0.25) is 5.91 Å². The Morgan fingerprint density at radius 1 is 1.31 bits per heavy atom. The first-order valence-electron chi connectivity index (χ1n) is 9.03. The van der Waals surface area contributed by atoms with E-state index in [0.717, 1.165) is 42.0 Å². The molecule has 0 unspecified atom stereocenters. The average molecular weight is 373 g/mol. The molecule has 0 bridgehead atoms. The summed E-state index contributed by atoms with van der Waals surface area (Å²) >= 11 is 5.99. The fourth-order valence-electron chi connectivity index (χ4n) is 3.26. The van der Waals surface area contributed by atoms with E-state index in [1.54, 1.807) is 0 Å². The summed E-state index contributed by atoms with van der Waals surface area (Å²) in [6, 6.07) is 13.8. The predicted molar refractivity (Wildman–Crippen MR) is 106 cm³/mol. The molecule has 1 aliphatic heterocycles. The summed E-state index contributed by atoms with van der Waals surface area (Å²) in [5.41, 5.74) is 2.85. The van der Waals surface area contributed by atoms with Gasteiger partial charge in [0, 0.05) is 22.7 Å². The number of benzene rings is 2. The van der Waals surface area contributed by atoms with Crippen molar-refractivity contribution in [1.29, 1.82) is 0 Å². The van der Waals surface area contributed by atoms with Crippen LogP contribution in [0.1, 0.15) is 30.9 Å². The smallest absolute Gasteiger partial charge is 0.227 e. The predicted octanol–water partition coefficient (Wildman–Crippen LogP) is 4.55. The lowest BCUT2D eigenvalue weighted by atomic mass is 9.92. The molecule has 1 aliphatic rings. The fraction of sp³-hybridized carbons (Fsp3) is 0.381. The van der Waals surface area contributed by atoms with Gasteiger partial charge >= 0.3 is 0 Å². The molecule has 2 aromatic rings. The van der Waals surface area contributed by atoms with Crippen molar-refractivity contribution in [3.05, 3.63) is 58.6 Å². The minimum atomic E-state index is 0.0735. The van der Waals surface area contributed by atoms with Crippen molar-refractivity contribution < 1.29 is 9.53 Å². The van der Waals surface area contributed by atoms with E-state index in [-0.39, 0.29) is 11.8 Å². The lowest BCUT2D eigenvalue weighted by Crippen LogP contribution is -2.40. The van der Waals surface area contributed by atoms with Crippen LogP contribution in [0.25, 0.3) is 0 Å². The Bertz CT molecular complexity index is 778. The molecule has 1 heterocycles. The van der Waals surface area contributed by atoms with Crippen LogP contribution < -0.4 is 15.4 Å². The van der Waals surface area contributed by atoms with Gasteiger partial charge < -0.3 is 15.4 Å². The highest BCUT2D eigenvalue weighted by atomic mass is 35.5. The minimum absolute atomic E-state index is 0.0735. The second kappa shape index (κ2) is 8.56. The molecular weight excluding hydrogens is 348 g/mol. The summed E-state index contributed by atoms with van der Waals surface area (Å²) in [4.78, 5) is 12.5. The highest BCUT2D eigenvalue weighted by Crippen LogP contribution is 2.25. The number of nitrogens with one attached hydrogen (secondary N) is 2. The number of hydrogen-bond acceptors (Lipinski definition) is 3. The second-order valence-electron chi connectivity index (χ2n) is 6.96. The minimum Gasteiger partial charge on any atom is -0.489 e. The molecule has 0 radical (unpaired) electrons. The summed E-state index contributed by atoms with van der Waals surface area (Å²) in [5.74, 6) is 0.953. The van der Waals surface area contributed by atoms with Gasteiger partial charge in [0.05, 0.1) is 0 Å². The van der Waals surface area contributed by atoms with E-state index >= 15 is 0 Å². The lowest BCUT2D eigenvalue weighted by molar-refractivity contribution is -0.120. The molecule has 1 amide bonds. The first-order valence-corrected chi connectivity index (χ1v) is 9.41. The number of carbonyl (C=O) groups is 1. The van der Waals surface area contributed by atoms with Crippen LogP contribution in [0.2, 0.25) is 5.02 Å². The zero-order chi connectivity index (χ0) is 18.5. The number of amides is 1. The summed E-state index contributed by atoms with van der Waals surface area (Å²) in [6.45, 7) is 5.46. The van der Waals surface area contributed by atoms with E-state index in [1.807, 2.05) is 49.4 Å². The lowest BCUT2D eigenvalue weighted by Gasteiger charge is -2.27. The molecular formula is C21H25ClN2O2. The molecule has 3 rings (SSSR count). The number of anilines is 1. The molecule has 2 aromatic carbocycles. The molecule has 2 N–H and O–H groups in total. The van der Waals surface area contributed by atoms with Crippen LogP contribution in [-0.2, 0) is 11.4 Å². The third kappa shape index (κ3) is 4.99. The SMILES string of the molecule is Cc1cc(OCc2cccc(Cl)c2)ccc1NC(=O)[C@H]1CCN[C@@H](C)C1. The van der Waals surface area contributed by atoms with Crippen LogP contribution >= 0.6 is 11.6 Å². The molecule has 1 saturated heterocycles. The Labute approximate surface area is 159 Å². The van der Waals surface area contributed by atoms with Crippen LogP contribution in [0.4, 0.5) is 5.69 Å². The first-order chi connectivity index (χ1) is 12.5. The van der Waals surface area contributed by atoms with Crippen molar-refractivity contribution in [2.45, 2.75) is 39.3 Å². The van der Waals surface area contributed by atoms with Crippen LogP contribution in [0.15, 0.2) is 42.5 Å². The van der Waals surface area contributed by atoms with Crippen LogP contribution in [0, 0.1) is 12.8 Å². The van der Waals surface area contributed by atoms with Crippen molar-refractivity contribution in [2.75, 3.05) is 11.9 Å². The van der Waals surface area contributed by atoms with Gasteiger partial charge in [-0.05, 0) is 74.7 Å². The topological polar surface area (TPSA) is 50.4 Å². The quantitative estimate of drug-likeness (QED) is 0.809. The van der Waals surface area contributed by atoms with Gasteiger partial charge in [-0.1, -0.05) is 23.7 Å². The van der Waals surface area contributed by atoms with Crippen LogP contribution in [0.3, 0.4) is 0 Å². The molecule has 0 saturated carbocycles. The fourth-order valence-corrected chi connectivity index (χ4v) is 3.48. The third-order valence-electron chi connectivity index (χ3n) is 4.74. The van der Waals surface area contributed by atoms with Gasteiger partial charge in [0.15, 0.2) is 0 Å². The van der Waals surface area contributed by atoms with Gasteiger partial charge in [0.25, 0.3) is 0 Å². The molecule has 138 valence electrons. The van der Waals surface area contributed by atoms with Crippen molar-refractivity contribution >= 4 is 23.2 Å². The number of aryl methyl sites for hydroxylation is 1. The van der Waals surface area contributed by atoms with Gasteiger partial charge in [-0.3, -0.25) is 4.79 Å². The maximum atomic E-state index is 12.5. The molecule has 4 nitrogen and oxygen atoms in total. The van der Waals surface area contributed by atoms with E-state index in [4.69, 9.17) is 16.3 Å². The maximum Gasteiger partial charge on any atom is 0.227 e. The number of ether oxygens (including phenoxy) is 1. The summed E-state index contributed by atoms with van der Waals surface area (Å²) < 4.78 is 5.84. The summed E-state index contributed by atoms with van der Waals surface area (Å²) in [6.07, 6.45) is 1.77. The standard InChI is InChI=1S/C21H25ClN2O2/c1-14-10-19(26-13-16-4-3-5-18(22)12-16)6-7-20(14)24-21(25)17-8-9-23-15(2)11-17/h3-7,10,12,15,17,23H,8-9,11,13H2,1-2H3,(H,24,25)/t15-,17-/m0/s1. The molecule has 0 aliphatic carbocycles. The van der Waals surface area contributed by atoms with Crippen LogP contribution in [-0.4, -0.2) is 18.5 Å². The van der Waals surface area contributed by atoms with E-state index in [1.165, 1.54) is 0 Å². The number of carbonyl (C=O) groups excluding carboxylic acids is 1. The van der Waals surface area contributed by atoms with E-state index in [2.05, 4.69) is 17.6 Å². The molecule has 5 heteroatoms. The second-order valence-corrected chi connectivity index (χ2v) is 7.40. The Morgan fingerprint density at radius 2 is 2.15 bits per heavy atom. The van der Waals surface area contributed by atoms with Gasteiger partial charge in [-0.15, -0.1) is 0 Å². The summed E-state index contributed by atoms with van der Waals surface area (Å²) in [5, 5.41) is 7.15. The monoisotopic (exact) mass is 372 g/mol. The molecule has 0 aromatic heterocycles. The Kier molecular flexibility index (Phi) is 6.17. The number of piperidine rings is 1. The van der Waals surface area contributed by atoms with Crippen molar-refractivity contribution in [1.82, 2.24) is 5.32 Å². The van der Waals surface area contributed by atoms with E-state index < -0.39 is 0 Å². The third-order valence-corrected chi connectivity index (χ3v) is 4.98. The highest BCUT2D eigenvalue weighted by molar-refractivity contribution is 6.30. The van der Waals surface area contributed by atoms with E-state index in [9.17, 15) is 4.79 Å². The zero-order valence-corrected chi connectivity index (χ0v) is 16.0. The van der Waals surface area contributed by atoms with E-state index in [0.29, 0.717) is 17.7 Å². The van der Waals surface area contributed by atoms with Gasteiger partial charge in [0.1, 0.15) is 12.4 Å². The molecule has 2 atom stereocenters. The number of rotatable bonds is 5. The van der Waals surface area contributed by atoms with Gasteiger partial charge in [-0.25, -0.2) is 0 Å². The van der Waals surface area contributed by atoms with Gasteiger partial charge in [-0.2, -0.15) is 0 Å². The highest BCUT2D eigenvalue weighted by Gasteiger charge is 2.24. The summed E-state index contributed by atoms with van der Waals surface area (Å²) in [7, 11) is 0. The Morgan fingerprint density at radius 3 is 2.88 bits per heavy atom. The van der Waals surface area contributed by atoms with Crippen molar-refractivity contribution in [3.8, 4) is 5.75 Å². The molecule has 0 spiro atoms. The van der Waals surface area contributed by atoms with Crippen molar-refractivity contribution in [2.24, 2.45) is 5.92 Å². The Hall–Kier alpha value is -2.04. The normalized spacial score (nSPS) is 19.8. The zero-order valence-electron chi connectivity index (χ0n) is 15.2. The molecule has 1 fully saturated rings. The molecule has 26 heavy (non-hydrogen) atoms. The largest absolute Gasteiger partial charge is 0.489 e. The van der Waals surface area contributed by atoms with Crippen molar-refractivity contribution in [3.63, 3.8) is 0 Å². The average Bonchev–Trinajstić information content (AvgIpc) is 2.62. The number of hydrogen-bond donors (Lipinski definition) is 2. The first kappa shape index (κ1) is 18.7. The maximum absolute atomic E-state index is 12.5.